The Labute approximate surface area is 170 Å². The van der Waals surface area contributed by atoms with Gasteiger partial charge in [-0.25, -0.2) is 18.4 Å². The molecule has 9 heteroatoms. The maximum Gasteiger partial charge on any atom is 0.345 e. The van der Waals surface area contributed by atoms with E-state index in [2.05, 4.69) is 5.32 Å². The molecule has 0 amide bonds. The quantitative estimate of drug-likeness (QED) is 0.362. The highest BCUT2D eigenvalue weighted by Gasteiger charge is 2.25. The van der Waals surface area contributed by atoms with Crippen LogP contribution in [0.4, 0.5) is 5.69 Å². The third-order valence-corrected chi connectivity index (χ3v) is 4.82. The highest BCUT2D eigenvalue weighted by atomic mass is 32.2. The van der Waals surface area contributed by atoms with Crippen LogP contribution in [0, 0.1) is 0 Å². The summed E-state index contributed by atoms with van der Waals surface area (Å²) in [5, 5.41) is 8.45. The SMILES string of the molecule is CCCCNc1cc(C(=O)OC(=O)CC)cc(S(N)(=O)=O)c1Oc1ccccc1. The number of rotatable bonds is 9. The van der Waals surface area contributed by atoms with Crippen LogP contribution in [0.2, 0.25) is 0 Å². The molecule has 0 aliphatic carbocycles. The molecule has 0 saturated carbocycles. The second kappa shape index (κ2) is 10.0. The van der Waals surface area contributed by atoms with E-state index in [-0.39, 0.29) is 23.4 Å². The van der Waals surface area contributed by atoms with Crippen molar-refractivity contribution in [3.05, 3.63) is 48.0 Å². The van der Waals surface area contributed by atoms with E-state index in [1.54, 1.807) is 37.3 Å². The van der Waals surface area contributed by atoms with Gasteiger partial charge in [0, 0.05) is 13.0 Å². The molecule has 0 aromatic heterocycles. The molecule has 2 aromatic rings. The summed E-state index contributed by atoms with van der Waals surface area (Å²) in [4.78, 5) is 23.4. The molecular formula is C20H24N2O6S. The Bertz CT molecular complexity index is 974. The molecule has 0 saturated heterocycles. The number of carbonyl (C=O) groups excluding carboxylic acids is 2. The number of unbranched alkanes of at least 4 members (excludes halogenated alkanes) is 1. The lowest BCUT2D eigenvalue weighted by Gasteiger charge is -2.17. The average molecular weight is 420 g/mol. The number of sulfonamides is 1. The zero-order valence-corrected chi connectivity index (χ0v) is 17.1. The molecular weight excluding hydrogens is 396 g/mol. The van der Waals surface area contributed by atoms with Crippen molar-refractivity contribution in [2.45, 2.75) is 38.0 Å². The number of nitrogens with one attached hydrogen (secondary N) is 1. The maximum atomic E-state index is 12.3. The van der Waals surface area contributed by atoms with Gasteiger partial charge in [0.25, 0.3) is 0 Å². The van der Waals surface area contributed by atoms with E-state index in [0.717, 1.165) is 18.9 Å². The van der Waals surface area contributed by atoms with Gasteiger partial charge >= 0.3 is 11.9 Å². The molecule has 8 nitrogen and oxygen atoms in total. The molecule has 29 heavy (non-hydrogen) atoms. The van der Waals surface area contributed by atoms with Crippen LogP contribution in [-0.4, -0.2) is 26.9 Å². The number of nitrogens with two attached hydrogens (primary N) is 1. The van der Waals surface area contributed by atoms with Crippen LogP contribution in [0.25, 0.3) is 0 Å². The van der Waals surface area contributed by atoms with Gasteiger partial charge in [0.05, 0.1) is 11.3 Å². The van der Waals surface area contributed by atoms with Gasteiger partial charge in [-0.2, -0.15) is 0 Å². The molecule has 0 aliphatic rings. The third-order valence-electron chi connectivity index (χ3n) is 3.90. The number of para-hydroxylation sites is 1. The molecule has 2 rings (SSSR count). The number of benzene rings is 2. The largest absolute Gasteiger partial charge is 0.454 e. The van der Waals surface area contributed by atoms with Gasteiger partial charge in [0.1, 0.15) is 10.6 Å². The lowest BCUT2D eigenvalue weighted by atomic mass is 10.1. The smallest absolute Gasteiger partial charge is 0.345 e. The van der Waals surface area contributed by atoms with Gasteiger partial charge in [-0.15, -0.1) is 0 Å². The molecule has 0 atom stereocenters. The molecule has 0 bridgehead atoms. The molecule has 0 fully saturated rings. The minimum Gasteiger partial charge on any atom is -0.454 e. The predicted molar refractivity (Wildman–Crippen MR) is 108 cm³/mol. The van der Waals surface area contributed by atoms with Crippen molar-refractivity contribution in [3.8, 4) is 11.5 Å². The highest BCUT2D eigenvalue weighted by Crippen LogP contribution is 2.37. The van der Waals surface area contributed by atoms with Crippen molar-refractivity contribution in [1.29, 1.82) is 0 Å². The number of hydrogen-bond donors (Lipinski definition) is 2. The second-order valence-corrected chi connectivity index (χ2v) is 7.74. The van der Waals surface area contributed by atoms with Crippen molar-refractivity contribution < 1.29 is 27.5 Å². The number of carbonyl (C=O) groups is 2. The van der Waals surface area contributed by atoms with Gasteiger partial charge in [-0.05, 0) is 30.7 Å². The summed E-state index contributed by atoms with van der Waals surface area (Å²) < 4.78 is 35.0. The molecule has 0 heterocycles. The van der Waals surface area contributed by atoms with E-state index in [9.17, 15) is 18.0 Å². The molecule has 0 aliphatic heterocycles. The first kappa shape index (κ1) is 22.4. The van der Waals surface area contributed by atoms with E-state index in [1.165, 1.54) is 6.07 Å². The van der Waals surface area contributed by atoms with Gasteiger partial charge in [-0.3, -0.25) is 4.79 Å². The standard InChI is InChI=1S/C20H24N2O6S/c1-3-5-11-22-16-12-14(20(24)28-18(23)4-2)13-17(29(21,25)26)19(16)27-15-9-7-6-8-10-15/h6-10,12-13,22H,3-5,11H2,1-2H3,(H2,21,25,26). The fourth-order valence-corrected chi connectivity index (χ4v) is 3.11. The van der Waals surface area contributed by atoms with E-state index < -0.39 is 26.9 Å². The van der Waals surface area contributed by atoms with Crippen LogP contribution in [0.5, 0.6) is 11.5 Å². The number of hydrogen-bond acceptors (Lipinski definition) is 7. The Morgan fingerprint density at radius 2 is 1.79 bits per heavy atom. The summed E-state index contributed by atoms with van der Waals surface area (Å²) in [5.74, 6) is -1.33. The Balaban J connectivity index is 2.58. The Morgan fingerprint density at radius 3 is 2.38 bits per heavy atom. The van der Waals surface area contributed by atoms with Gasteiger partial charge in [-0.1, -0.05) is 38.5 Å². The fraction of sp³-hybridized carbons (Fsp3) is 0.300. The lowest BCUT2D eigenvalue weighted by Crippen LogP contribution is -2.18. The van der Waals surface area contributed by atoms with Crippen LogP contribution < -0.4 is 15.2 Å². The van der Waals surface area contributed by atoms with Crippen LogP contribution >= 0.6 is 0 Å². The summed E-state index contributed by atoms with van der Waals surface area (Å²) in [5.41, 5.74) is 0.125. The number of primary sulfonamides is 1. The highest BCUT2D eigenvalue weighted by molar-refractivity contribution is 7.89. The average Bonchev–Trinajstić information content (AvgIpc) is 2.68. The van der Waals surface area contributed by atoms with Gasteiger partial charge in [0.2, 0.25) is 10.0 Å². The fourth-order valence-electron chi connectivity index (χ4n) is 2.41. The van der Waals surface area contributed by atoms with Crippen LogP contribution in [0.15, 0.2) is 47.4 Å². The lowest BCUT2D eigenvalue weighted by molar-refractivity contribution is -0.137. The number of esters is 2. The zero-order chi connectivity index (χ0) is 21.4. The van der Waals surface area contributed by atoms with Crippen LogP contribution in [0.3, 0.4) is 0 Å². The Morgan fingerprint density at radius 1 is 1.10 bits per heavy atom. The van der Waals surface area contributed by atoms with Crippen LogP contribution in [-0.2, 0) is 19.6 Å². The third kappa shape index (κ3) is 6.30. The van der Waals surface area contributed by atoms with Gasteiger partial charge in [0.15, 0.2) is 5.75 Å². The molecule has 156 valence electrons. The van der Waals surface area contributed by atoms with E-state index in [1.807, 2.05) is 6.92 Å². The molecule has 2 aromatic carbocycles. The first-order valence-corrected chi connectivity index (χ1v) is 10.7. The normalized spacial score (nSPS) is 11.0. The summed E-state index contributed by atoms with van der Waals surface area (Å²) >= 11 is 0. The topological polar surface area (TPSA) is 125 Å². The summed E-state index contributed by atoms with van der Waals surface area (Å²) in [6, 6.07) is 11.0. The van der Waals surface area contributed by atoms with Crippen molar-refractivity contribution in [3.63, 3.8) is 0 Å². The predicted octanol–water partition coefficient (Wildman–Crippen LogP) is 3.43. The summed E-state index contributed by atoms with van der Waals surface area (Å²) in [7, 11) is -4.25. The Hall–Kier alpha value is -2.91. The van der Waals surface area contributed by atoms with Gasteiger partial charge < -0.3 is 14.8 Å². The molecule has 3 N–H and O–H groups in total. The number of anilines is 1. The van der Waals surface area contributed by atoms with Crippen molar-refractivity contribution in [2.75, 3.05) is 11.9 Å². The minimum atomic E-state index is -4.25. The van der Waals surface area contributed by atoms with Crippen molar-refractivity contribution >= 4 is 27.6 Å². The number of ether oxygens (including phenoxy) is 2. The van der Waals surface area contributed by atoms with E-state index in [0.29, 0.717) is 12.3 Å². The molecule has 0 radical (unpaired) electrons. The minimum absolute atomic E-state index is 0.00456. The maximum absolute atomic E-state index is 12.3. The Kier molecular flexibility index (Phi) is 7.74. The summed E-state index contributed by atoms with van der Waals surface area (Å²) in [6.45, 7) is 4.06. The first-order chi connectivity index (χ1) is 13.8. The molecule has 0 unspecified atom stereocenters. The second-order valence-electron chi connectivity index (χ2n) is 6.21. The summed E-state index contributed by atoms with van der Waals surface area (Å²) in [6.07, 6.45) is 1.71. The van der Waals surface area contributed by atoms with E-state index in [4.69, 9.17) is 14.6 Å². The van der Waals surface area contributed by atoms with E-state index >= 15 is 0 Å². The van der Waals surface area contributed by atoms with Crippen molar-refractivity contribution in [1.82, 2.24) is 0 Å². The monoisotopic (exact) mass is 420 g/mol. The van der Waals surface area contributed by atoms with Crippen LogP contribution in [0.1, 0.15) is 43.5 Å². The molecule has 0 spiro atoms. The zero-order valence-electron chi connectivity index (χ0n) is 16.3. The van der Waals surface area contributed by atoms with Crippen molar-refractivity contribution in [2.24, 2.45) is 5.14 Å². The first-order valence-electron chi connectivity index (χ1n) is 9.18.